The van der Waals surface area contributed by atoms with Crippen molar-refractivity contribution in [3.63, 3.8) is 0 Å². The molecule has 0 aliphatic carbocycles. The minimum atomic E-state index is -0.0442. The van der Waals surface area contributed by atoms with Crippen LogP contribution in [0, 0.1) is 0 Å². The van der Waals surface area contributed by atoms with Gasteiger partial charge in [-0.15, -0.1) is 0 Å². The second-order valence-corrected chi connectivity index (χ2v) is 11.0. The first-order valence-electron chi connectivity index (χ1n) is 14.9. The number of amides is 2. The molecule has 0 aromatic heterocycles. The third kappa shape index (κ3) is 8.52. The molecule has 6 nitrogen and oxygen atoms in total. The van der Waals surface area contributed by atoms with Gasteiger partial charge < -0.3 is 20.3 Å². The van der Waals surface area contributed by atoms with Crippen LogP contribution in [0.5, 0.6) is 0 Å². The van der Waals surface area contributed by atoms with Gasteiger partial charge in [0.25, 0.3) is 0 Å². The Kier molecular flexibility index (Phi) is 10.8. The number of benzene rings is 4. The van der Waals surface area contributed by atoms with Crippen molar-refractivity contribution in [1.29, 1.82) is 0 Å². The Morgan fingerprint density at radius 1 is 0.810 bits per heavy atom. The van der Waals surface area contributed by atoms with Crippen LogP contribution < -0.4 is 10.6 Å². The summed E-state index contributed by atoms with van der Waals surface area (Å²) >= 11 is 0. The van der Waals surface area contributed by atoms with Crippen LogP contribution in [0.3, 0.4) is 0 Å². The molecule has 0 bridgehead atoms. The first-order valence-corrected chi connectivity index (χ1v) is 14.9. The summed E-state index contributed by atoms with van der Waals surface area (Å²) in [6.45, 7) is 5.78. The van der Waals surface area contributed by atoms with E-state index in [2.05, 4.69) is 94.4 Å². The van der Waals surface area contributed by atoms with Crippen molar-refractivity contribution in [3.8, 4) is 11.1 Å². The van der Waals surface area contributed by atoms with Gasteiger partial charge in [-0.2, -0.15) is 0 Å². The second kappa shape index (κ2) is 15.3. The molecule has 1 aliphatic heterocycles. The highest BCUT2D eigenvalue weighted by atomic mass is 16.5. The summed E-state index contributed by atoms with van der Waals surface area (Å²) in [6.07, 6.45) is 1.90. The van der Waals surface area contributed by atoms with Crippen molar-refractivity contribution in [2.45, 2.75) is 38.5 Å². The first-order chi connectivity index (χ1) is 20.7. The lowest BCUT2D eigenvalue weighted by Crippen LogP contribution is -2.48. The molecule has 1 aliphatic rings. The van der Waals surface area contributed by atoms with E-state index in [1.165, 1.54) is 16.7 Å². The highest BCUT2D eigenvalue weighted by molar-refractivity contribution is 5.89. The molecule has 0 saturated carbocycles. The smallest absolute Gasteiger partial charge is 0.322 e. The molecule has 218 valence electrons. The van der Waals surface area contributed by atoms with Gasteiger partial charge in [-0.25, -0.2) is 4.79 Å². The number of ether oxygens (including phenoxy) is 1. The summed E-state index contributed by atoms with van der Waals surface area (Å²) in [5, 5.41) is 6.57. The predicted octanol–water partition coefficient (Wildman–Crippen LogP) is 6.79. The number of carbonyl (C=O) groups excluding carboxylic acids is 1. The molecular weight excluding hydrogens is 520 g/mol. The Labute approximate surface area is 250 Å². The summed E-state index contributed by atoms with van der Waals surface area (Å²) in [7, 11) is 1.72. The van der Waals surface area contributed by atoms with Crippen LogP contribution in [0.15, 0.2) is 109 Å². The van der Waals surface area contributed by atoms with Gasteiger partial charge in [0, 0.05) is 58.1 Å². The normalized spacial score (nSPS) is 14.0. The van der Waals surface area contributed by atoms with E-state index in [9.17, 15) is 4.79 Å². The Balaban J connectivity index is 1.29. The van der Waals surface area contributed by atoms with Gasteiger partial charge in [-0.05, 0) is 64.9 Å². The summed E-state index contributed by atoms with van der Waals surface area (Å²) in [5.74, 6) is 0. The number of rotatable bonds is 12. The Morgan fingerprint density at radius 2 is 1.43 bits per heavy atom. The highest BCUT2D eigenvalue weighted by Crippen LogP contribution is 2.25. The van der Waals surface area contributed by atoms with Crippen molar-refractivity contribution in [2.75, 3.05) is 38.7 Å². The molecule has 0 radical (unpaired) electrons. The molecule has 0 atom stereocenters. The highest BCUT2D eigenvalue weighted by Gasteiger charge is 2.28. The number of hydrogen-bond acceptors (Lipinski definition) is 4. The van der Waals surface area contributed by atoms with Crippen molar-refractivity contribution >= 4 is 11.7 Å². The van der Waals surface area contributed by atoms with Crippen LogP contribution in [0.25, 0.3) is 11.1 Å². The minimum Gasteiger partial charge on any atom is -0.383 e. The van der Waals surface area contributed by atoms with Crippen LogP contribution in [0.4, 0.5) is 10.5 Å². The largest absolute Gasteiger partial charge is 0.383 e. The van der Waals surface area contributed by atoms with Gasteiger partial charge in [0.1, 0.15) is 0 Å². The Hall–Kier alpha value is -3.97. The van der Waals surface area contributed by atoms with E-state index in [-0.39, 0.29) is 12.1 Å². The summed E-state index contributed by atoms with van der Waals surface area (Å²) < 4.78 is 5.14. The van der Waals surface area contributed by atoms with Crippen LogP contribution in [0.1, 0.15) is 29.5 Å². The minimum absolute atomic E-state index is 0.0442. The molecule has 4 aromatic rings. The number of piperidine rings is 1. The van der Waals surface area contributed by atoms with Gasteiger partial charge in [0.15, 0.2) is 0 Å². The van der Waals surface area contributed by atoms with E-state index in [0.717, 1.165) is 62.4 Å². The molecule has 1 heterocycles. The predicted molar refractivity (Wildman–Crippen MR) is 171 cm³/mol. The lowest BCUT2D eigenvalue weighted by molar-refractivity contribution is 0.120. The summed E-state index contributed by atoms with van der Waals surface area (Å²) in [6, 6.07) is 37.8. The van der Waals surface area contributed by atoms with Crippen LogP contribution in [-0.2, 0) is 24.4 Å². The quantitative estimate of drug-likeness (QED) is 0.187. The molecule has 2 amide bonds. The standard InChI is InChI=1S/C36H42N4O2/c1-42-23-20-37-26-30-12-8-14-32(24-30)33-15-9-13-31(25-33)28-40(36(41)38-34-16-6-3-7-17-34)35-18-21-39(22-19-35)27-29-10-4-2-5-11-29/h2-17,24-25,35,37H,18-23,26-28H2,1H3,(H,38,41). The first kappa shape index (κ1) is 29.5. The average molecular weight is 563 g/mol. The molecule has 0 spiro atoms. The SMILES string of the molecule is COCCNCc1cccc(-c2cccc(CN(C(=O)Nc3ccccc3)C3CCN(Cc4ccccc4)CC3)c2)c1. The molecule has 1 fully saturated rings. The average Bonchev–Trinajstić information content (AvgIpc) is 3.04. The third-order valence-corrected chi connectivity index (χ3v) is 7.89. The monoisotopic (exact) mass is 562 g/mol. The number of hydrogen-bond donors (Lipinski definition) is 2. The summed E-state index contributed by atoms with van der Waals surface area (Å²) in [5.41, 5.74) is 6.86. The molecule has 42 heavy (non-hydrogen) atoms. The zero-order valence-electron chi connectivity index (χ0n) is 24.5. The van der Waals surface area contributed by atoms with Gasteiger partial charge in [-0.3, -0.25) is 4.90 Å². The third-order valence-electron chi connectivity index (χ3n) is 7.89. The molecule has 2 N–H and O–H groups in total. The lowest BCUT2D eigenvalue weighted by Gasteiger charge is -2.38. The van der Waals surface area contributed by atoms with Crippen molar-refractivity contribution in [2.24, 2.45) is 0 Å². The number of carbonyl (C=O) groups is 1. The van der Waals surface area contributed by atoms with E-state index < -0.39 is 0 Å². The second-order valence-electron chi connectivity index (χ2n) is 11.0. The maximum Gasteiger partial charge on any atom is 0.322 e. The van der Waals surface area contributed by atoms with Crippen molar-refractivity contribution in [3.05, 3.63) is 126 Å². The van der Waals surface area contributed by atoms with Crippen LogP contribution >= 0.6 is 0 Å². The van der Waals surface area contributed by atoms with E-state index in [4.69, 9.17) is 4.74 Å². The maximum absolute atomic E-state index is 13.7. The number of urea groups is 1. The zero-order valence-corrected chi connectivity index (χ0v) is 24.5. The maximum atomic E-state index is 13.7. The van der Waals surface area contributed by atoms with Gasteiger partial charge in [0.05, 0.1) is 6.61 Å². The number of para-hydroxylation sites is 1. The summed E-state index contributed by atoms with van der Waals surface area (Å²) in [4.78, 5) is 18.3. The molecule has 1 saturated heterocycles. The molecule has 0 unspecified atom stereocenters. The Morgan fingerprint density at radius 3 is 2.12 bits per heavy atom. The van der Waals surface area contributed by atoms with Crippen molar-refractivity contribution in [1.82, 2.24) is 15.1 Å². The molecule has 4 aromatic carbocycles. The molecular formula is C36H42N4O2. The van der Waals surface area contributed by atoms with Crippen LogP contribution in [0.2, 0.25) is 0 Å². The number of methoxy groups -OCH3 is 1. The molecule has 6 heteroatoms. The number of likely N-dealkylation sites (tertiary alicyclic amines) is 1. The zero-order chi connectivity index (χ0) is 29.0. The number of nitrogens with zero attached hydrogens (tertiary/aromatic N) is 2. The van der Waals surface area contributed by atoms with Crippen molar-refractivity contribution < 1.29 is 9.53 Å². The fourth-order valence-corrected chi connectivity index (χ4v) is 5.63. The van der Waals surface area contributed by atoms with E-state index >= 15 is 0 Å². The Bertz CT molecular complexity index is 1390. The van der Waals surface area contributed by atoms with Gasteiger partial charge in [0.2, 0.25) is 0 Å². The number of anilines is 1. The number of nitrogens with one attached hydrogen (secondary N) is 2. The van der Waals surface area contributed by atoms with Gasteiger partial charge in [-0.1, -0.05) is 84.9 Å². The fourth-order valence-electron chi connectivity index (χ4n) is 5.63. The van der Waals surface area contributed by atoms with E-state index in [1.807, 2.05) is 35.2 Å². The lowest BCUT2D eigenvalue weighted by atomic mass is 9.99. The molecule has 5 rings (SSSR count). The topological polar surface area (TPSA) is 56.8 Å². The van der Waals surface area contributed by atoms with Crippen LogP contribution in [-0.4, -0.2) is 55.2 Å². The van der Waals surface area contributed by atoms with Gasteiger partial charge >= 0.3 is 6.03 Å². The fraction of sp³-hybridized carbons (Fsp3) is 0.306. The van der Waals surface area contributed by atoms with E-state index in [0.29, 0.717) is 13.2 Å². The van der Waals surface area contributed by atoms with E-state index in [1.54, 1.807) is 7.11 Å².